The highest BCUT2D eigenvalue weighted by molar-refractivity contribution is 7.11. The molecule has 1 atom stereocenters. The first kappa shape index (κ1) is 13.6. The van der Waals surface area contributed by atoms with E-state index in [1.54, 1.807) is 11.3 Å². The highest BCUT2D eigenvalue weighted by atomic mass is 32.1. The van der Waals surface area contributed by atoms with Crippen LogP contribution in [0, 0.1) is 6.92 Å². The van der Waals surface area contributed by atoms with Gasteiger partial charge in [-0.2, -0.15) is 0 Å². The summed E-state index contributed by atoms with van der Waals surface area (Å²) in [4.78, 5) is 5.62. The lowest BCUT2D eigenvalue weighted by Gasteiger charge is -2.20. The molecule has 0 radical (unpaired) electrons. The monoisotopic (exact) mass is 242 g/mol. The van der Waals surface area contributed by atoms with Crippen molar-refractivity contribution in [3.05, 3.63) is 16.1 Å². The van der Waals surface area contributed by atoms with Crippen LogP contribution in [0.1, 0.15) is 43.6 Å². The maximum absolute atomic E-state index is 5.64. The summed E-state index contributed by atoms with van der Waals surface area (Å²) in [5.74, 6) is 0. The largest absolute Gasteiger partial charge is 0.375 e. The van der Waals surface area contributed by atoms with Crippen molar-refractivity contribution >= 4 is 11.3 Å². The number of nitrogens with zero attached hydrogens (tertiary/aromatic N) is 1. The molecule has 1 aromatic rings. The van der Waals surface area contributed by atoms with E-state index in [2.05, 4.69) is 44.9 Å². The summed E-state index contributed by atoms with van der Waals surface area (Å²) in [6.07, 6.45) is 1.92. The SMILES string of the molecule is Cc1cnc(C(C)NCCOC(C)(C)C)s1. The van der Waals surface area contributed by atoms with Gasteiger partial charge < -0.3 is 10.1 Å². The minimum absolute atomic E-state index is 0.0529. The molecule has 0 amide bonds. The fourth-order valence-corrected chi connectivity index (χ4v) is 2.09. The first-order valence-electron chi connectivity index (χ1n) is 5.68. The molecule has 0 fully saturated rings. The van der Waals surface area contributed by atoms with Crippen molar-refractivity contribution in [1.82, 2.24) is 10.3 Å². The highest BCUT2D eigenvalue weighted by Gasteiger charge is 2.11. The van der Waals surface area contributed by atoms with E-state index in [-0.39, 0.29) is 5.60 Å². The summed E-state index contributed by atoms with van der Waals surface area (Å²) in [7, 11) is 0. The van der Waals surface area contributed by atoms with Crippen molar-refractivity contribution in [3.8, 4) is 0 Å². The third-order valence-electron chi connectivity index (χ3n) is 2.10. The smallest absolute Gasteiger partial charge is 0.109 e. The molecule has 0 aliphatic carbocycles. The molecule has 1 aromatic heterocycles. The van der Waals surface area contributed by atoms with Crippen LogP contribution in [0.15, 0.2) is 6.20 Å². The lowest BCUT2D eigenvalue weighted by Crippen LogP contribution is -2.28. The highest BCUT2D eigenvalue weighted by Crippen LogP contribution is 2.18. The van der Waals surface area contributed by atoms with Gasteiger partial charge in [0.05, 0.1) is 18.2 Å². The molecule has 0 bridgehead atoms. The van der Waals surface area contributed by atoms with E-state index in [1.807, 2.05) is 6.20 Å². The zero-order chi connectivity index (χ0) is 12.2. The molecule has 1 rings (SSSR count). The van der Waals surface area contributed by atoms with Gasteiger partial charge in [-0.15, -0.1) is 11.3 Å². The first-order valence-corrected chi connectivity index (χ1v) is 6.50. The van der Waals surface area contributed by atoms with Crippen molar-refractivity contribution in [1.29, 1.82) is 0 Å². The second-order valence-corrected chi connectivity index (χ2v) is 6.21. The van der Waals surface area contributed by atoms with E-state index in [0.717, 1.165) is 18.2 Å². The molecule has 1 N–H and O–H groups in total. The Balaban J connectivity index is 2.23. The number of thiazole rings is 1. The summed E-state index contributed by atoms with van der Waals surface area (Å²) >= 11 is 1.74. The van der Waals surface area contributed by atoms with Gasteiger partial charge in [0, 0.05) is 17.6 Å². The van der Waals surface area contributed by atoms with Crippen LogP contribution in [0.2, 0.25) is 0 Å². The van der Waals surface area contributed by atoms with Gasteiger partial charge in [-0.25, -0.2) is 4.98 Å². The maximum atomic E-state index is 5.64. The van der Waals surface area contributed by atoms with E-state index in [4.69, 9.17) is 4.74 Å². The molecule has 4 heteroatoms. The van der Waals surface area contributed by atoms with Crippen LogP contribution in [0.4, 0.5) is 0 Å². The van der Waals surface area contributed by atoms with Gasteiger partial charge in [0.15, 0.2) is 0 Å². The summed E-state index contributed by atoms with van der Waals surface area (Å²) in [5, 5.41) is 4.55. The summed E-state index contributed by atoms with van der Waals surface area (Å²) in [6, 6.07) is 0.308. The van der Waals surface area contributed by atoms with E-state index >= 15 is 0 Å². The molecule has 92 valence electrons. The third-order valence-corrected chi connectivity index (χ3v) is 3.19. The van der Waals surface area contributed by atoms with Crippen molar-refractivity contribution in [2.24, 2.45) is 0 Å². The zero-order valence-electron chi connectivity index (χ0n) is 10.8. The summed E-state index contributed by atoms with van der Waals surface area (Å²) in [6.45, 7) is 12.0. The average Bonchev–Trinajstić information content (AvgIpc) is 2.57. The standard InChI is InChI=1S/C12H22N2OS/c1-9-8-14-11(16-9)10(2)13-6-7-15-12(3,4)5/h8,10,13H,6-7H2,1-5H3. The van der Waals surface area contributed by atoms with Crippen LogP contribution < -0.4 is 5.32 Å². The molecule has 0 aliphatic heterocycles. The minimum Gasteiger partial charge on any atom is -0.375 e. The van der Waals surface area contributed by atoms with Gasteiger partial charge in [-0.1, -0.05) is 0 Å². The molecular formula is C12H22N2OS. The Labute approximate surface area is 102 Å². The van der Waals surface area contributed by atoms with Crippen molar-refractivity contribution in [2.45, 2.75) is 46.3 Å². The van der Waals surface area contributed by atoms with E-state index in [0.29, 0.717) is 6.04 Å². The number of nitrogens with one attached hydrogen (secondary N) is 1. The molecule has 0 saturated heterocycles. The maximum Gasteiger partial charge on any atom is 0.109 e. The molecule has 1 heterocycles. The topological polar surface area (TPSA) is 34.2 Å². The molecule has 0 aromatic carbocycles. The number of aryl methyl sites for hydroxylation is 1. The molecule has 0 saturated carbocycles. The molecule has 3 nitrogen and oxygen atoms in total. The fourth-order valence-electron chi connectivity index (χ4n) is 1.29. The number of ether oxygens (including phenoxy) is 1. The van der Waals surface area contributed by atoms with Crippen molar-refractivity contribution in [3.63, 3.8) is 0 Å². The fraction of sp³-hybridized carbons (Fsp3) is 0.750. The summed E-state index contributed by atoms with van der Waals surface area (Å²) in [5.41, 5.74) is -0.0529. The molecule has 1 unspecified atom stereocenters. The number of hydrogen-bond donors (Lipinski definition) is 1. The molecule has 0 aliphatic rings. The van der Waals surface area contributed by atoms with Crippen LogP contribution in [0.5, 0.6) is 0 Å². The molecule has 16 heavy (non-hydrogen) atoms. The molecular weight excluding hydrogens is 220 g/mol. The average molecular weight is 242 g/mol. The minimum atomic E-state index is -0.0529. The lowest BCUT2D eigenvalue weighted by atomic mass is 10.2. The van der Waals surface area contributed by atoms with Crippen LogP contribution in [0.3, 0.4) is 0 Å². The van der Waals surface area contributed by atoms with Crippen molar-refractivity contribution in [2.75, 3.05) is 13.2 Å². The Morgan fingerprint density at radius 1 is 1.50 bits per heavy atom. The van der Waals surface area contributed by atoms with E-state index in [9.17, 15) is 0 Å². The van der Waals surface area contributed by atoms with Crippen LogP contribution >= 0.6 is 11.3 Å². The predicted molar refractivity (Wildman–Crippen MR) is 69.0 cm³/mol. The Kier molecular flexibility index (Phi) is 4.89. The number of rotatable bonds is 5. The lowest BCUT2D eigenvalue weighted by molar-refractivity contribution is -0.00149. The number of hydrogen-bond acceptors (Lipinski definition) is 4. The normalized spacial score (nSPS) is 14.1. The third kappa shape index (κ3) is 5.05. The second-order valence-electron chi connectivity index (χ2n) is 4.95. The first-order chi connectivity index (χ1) is 7.38. The van der Waals surface area contributed by atoms with Gasteiger partial charge in [-0.05, 0) is 34.6 Å². The second kappa shape index (κ2) is 5.75. The van der Waals surface area contributed by atoms with Crippen LogP contribution in [-0.2, 0) is 4.74 Å². The Morgan fingerprint density at radius 3 is 2.69 bits per heavy atom. The number of aromatic nitrogens is 1. The van der Waals surface area contributed by atoms with E-state index in [1.165, 1.54) is 4.88 Å². The predicted octanol–water partition coefficient (Wildman–Crippen LogP) is 2.92. The van der Waals surface area contributed by atoms with Crippen molar-refractivity contribution < 1.29 is 4.74 Å². The van der Waals surface area contributed by atoms with Gasteiger partial charge in [0.25, 0.3) is 0 Å². The van der Waals surface area contributed by atoms with Gasteiger partial charge in [0.1, 0.15) is 5.01 Å². The zero-order valence-corrected chi connectivity index (χ0v) is 11.6. The van der Waals surface area contributed by atoms with Gasteiger partial charge in [-0.3, -0.25) is 0 Å². The van der Waals surface area contributed by atoms with Crippen LogP contribution in [-0.4, -0.2) is 23.7 Å². The van der Waals surface area contributed by atoms with Crippen LogP contribution in [0.25, 0.3) is 0 Å². The quantitative estimate of drug-likeness (QED) is 0.806. The Morgan fingerprint density at radius 2 is 2.19 bits per heavy atom. The summed E-state index contributed by atoms with van der Waals surface area (Å²) < 4.78 is 5.64. The van der Waals surface area contributed by atoms with E-state index < -0.39 is 0 Å². The molecule has 0 spiro atoms. The Hall–Kier alpha value is -0.450. The van der Waals surface area contributed by atoms with Gasteiger partial charge >= 0.3 is 0 Å². The van der Waals surface area contributed by atoms with Gasteiger partial charge in [0.2, 0.25) is 0 Å². The Bertz CT molecular complexity index is 317.